The summed E-state index contributed by atoms with van der Waals surface area (Å²) < 4.78 is 0. The minimum atomic E-state index is 0.224. The highest BCUT2D eigenvalue weighted by Gasteiger charge is 2.25. The largest absolute Gasteiger partial charge is 0.353 e. The Morgan fingerprint density at radius 3 is 2.91 bits per heavy atom. The lowest BCUT2D eigenvalue weighted by Crippen LogP contribution is -2.52. The first kappa shape index (κ1) is 15.7. The summed E-state index contributed by atoms with van der Waals surface area (Å²) >= 11 is 1.70. The topological polar surface area (TPSA) is 48.5 Å². The van der Waals surface area contributed by atoms with Crippen molar-refractivity contribution in [3.8, 4) is 0 Å². The monoisotopic (exact) mass is 322 g/mol. The Hall–Kier alpha value is -1.14. The number of rotatable bonds is 5. The van der Waals surface area contributed by atoms with Crippen LogP contribution < -0.4 is 10.2 Å². The molecule has 1 aliphatic heterocycles. The third-order valence-electron chi connectivity index (χ3n) is 4.75. The smallest absolute Gasteiger partial charge is 0.221 e. The van der Waals surface area contributed by atoms with Gasteiger partial charge in [0, 0.05) is 56.3 Å². The molecule has 1 saturated carbocycles. The molecule has 1 N–H and O–H groups in total. The molecule has 0 radical (unpaired) electrons. The van der Waals surface area contributed by atoms with Crippen LogP contribution in [0.25, 0.3) is 0 Å². The van der Waals surface area contributed by atoms with Crippen LogP contribution in [0.1, 0.15) is 39.0 Å². The molecule has 2 heterocycles. The molecule has 1 atom stereocenters. The molecule has 2 fully saturated rings. The van der Waals surface area contributed by atoms with Gasteiger partial charge in [-0.3, -0.25) is 9.69 Å². The number of hydrogen-bond donors (Lipinski definition) is 1. The first-order valence-corrected chi connectivity index (χ1v) is 9.28. The predicted molar refractivity (Wildman–Crippen MR) is 90.4 cm³/mol. The minimum absolute atomic E-state index is 0.224. The van der Waals surface area contributed by atoms with Crippen LogP contribution in [0.3, 0.4) is 0 Å². The number of nitrogens with one attached hydrogen (secondary N) is 1. The van der Waals surface area contributed by atoms with Gasteiger partial charge in [0.2, 0.25) is 5.91 Å². The van der Waals surface area contributed by atoms with Crippen molar-refractivity contribution in [3.63, 3.8) is 0 Å². The lowest BCUT2D eigenvalue weighted by atomic mass is 10.2. The van der Waals surface area contributed by atoms with E-state index in [9.17, 15) is 4.79 Å². The van der Waals surface area contributed by atoms with Crippen LogP contribution in [0, 0.1) is 0 Å². The molecule has 0 unspecified atom stereocenters. The van der Waals surface area contributed by atoms with Crippen molar-refractivity contribution in [3.05, 3.63) is 11.6 Å². The summed E-state index contributed by atoms with van der Waals surface area (Å²) in [6.45, 7) is 6.14. The molecule has 1 saturated heterocycles. The third kappa shape index (κ3) is 3.98. The van der Waals surface area contributed by atoms with Gasteiger partial charge in [0.15, 0.2) is 5.13 Å². The lowest BCUT2D eigenvalue weighted by molar-refractivity contribution is -0.122. The zero-order valence-corrected chi connectivity index (χ0v) is 14.1. The first-order chi connectivity index (χ1) is 10.7. The second kappa shape index (κ2) is 7.42. The van der Waals surface area contributed by atoms with Crippen LogP contribution in [0.5, 0.6) is 0 Å². The molecule has 2 aliphatic rings. The van der Waals surface area contributed by atoms with Crippen molar-refractivity contribution in [1.82, 2.24) is 15.2 Å². The van der Waals surface area contributed by atoms with Gasteiger partial charge in [-0.1, -0.05) is 12.8 Å². The highest BCUT2D eigenvalue weighted by molar-refractivity contribution is 7.13. The predicted octanol–water partition coefficient (Wildman–Crippen LogP) is 2.10. The molecular formula is C16H26N4OS. The molecule has 1 aromatic rings. The van der Waals surface area contributed by atoms with Gasteiger partial charge in [0.1, 0.15) is 0 Å². The van der Waals surface area contributed by atoms with Gasteiger partial charge in [-0.15, -0.1) is 11.3 Å². The first-order valence-electron chi connectivity index (χ1n) is 8.40. The Kier molecular flexibility index (Phi) is 5.31. The summed E-state index contributed by atoms with van der Waals surface area (Å²) in [4.78, 5) is 21.2. The van der Waals surface area contributed by atoms with Crippen molar-refractivity contribution < 1.29 is 4.79 Å². The molecule has 5 nitrogen and oxygen atoms in total. The third-order valence-corrected chi connectivity index (χ3v) is 5.56. The van der Waals surface area contributed by atoms with Crippen LogP contribution in [0.4, 0.5) is 5.13 Å². The maximum atomic E-state index is 12.0. The van der Waals surface area contributed by atoms with Crippen LogP contribution in [0.2, 0.25) is 0 Å². The van der Waals surface area contributed by atoms with Gasteiger partial charge in [0.25, 0.3) is 0 Å². The Labute approximate surface area is 136 Å². The van der Waals surface area contributed by atoms with E-state index in [2.05, 4.69) is 27.0 Å². The average Bonchev–Trinajstić information content (AvgIpc) is 3.18. The number of carbonyl (C=O) groups excluding carboxylic acids is 1. The van der Waals surface area contributed by atoms with Crippen molar-refractivity contribution in [2.75, 3.05) is 31.1 Å². The summed E-state index contributed by atoms with van der Waals surface area (Å²) in [6, 6.07) is 0.894. The number of hydrogen-bond acceptors (Lipinski definition) is 5. The van der Waals surface area contributed by atoms with E-state index in [1.807, 2.05) is 11.6 Å². The molecule has 22 heavy (non-hydrogen) atoms. The second-order valence-corrected chi connectivity index (χ2v) is 7.33. The van der Waals surface area contributed by atoms with E-state index in [1.165, 1.54) is 12.8 Å². The van der Waals surface area contributed by atoms with Crippen LogP contribution in [-0.2, 0) is 4.79 Å². The SMILES string of the molecule is C[C@@H]1CN(CCC(=O)NC2CCCC2)CCN1c1nccs1. The highest BCUT2D eigenvalue weighted by atomic mass is 32.1. The van der Waals surface area contributed by atoms with Crippen LogP contribution >= 0.6 is 11.3 Å². The molecule has 122 valence electrons. The van der Waals surface area contributed by atoms with Gasteiger partial charge in [-0.25, -0.2) is 4.98 Å². The van der Waals surface area contributed by atoms with Crippen LogP contribution in [0.15, 0.2) is 11.6 Å². The molecule has 0 spiro atoms. The van der Waals surface area contributed by atoms with E-state index in [-0.39, 0.29) is 5.91 Å². The zero-order valence-electron chi connectivity index (χ0n) is 13.3. The average molecular weight is 322 g/mol. The van der Waals surface area contributed by atoms with Crippen LogP contribution in [-0.4, -0.2) is 54.1 Å². The number of piperazine rings is 1. The Balaban J connectivity index is 1.40. The number of carbonyl (C=O) groups is 1. The van der Waals surface area contributed by atoms with E-state index < -0.39 is 0 Å². The number of aromatic nitrogens is 1. The minimum Gasteiger partial charge on any atom is -0.353 e. The van der Waals surface area contributed by atoms with Gasteiger partial charge in [-0.05, 0) is 19.8 Å². The van der Waals surface area contributed by atoms with Gasteiger partial charge in [0.05, 0.1) is 0 Å². The Morgan fingerprint density at radius 1 is 1.41 bits per heavy atom. The van der Waals surface area contributed by atoms with Crippen molar-refractivity contribution in [1.29, 1.82) is 0 Å². The molecule has 1 aliphatic carbocycles. The molecule has 1 aromatic heterocycles. The summed E-state index contributed by atoms with van der Waals surface area (Å²) in [5.41, 5.74) is 0. The van der Waals surface area contributed by atoms with Gasteiger partial charge in [-0.2, -0.15) is 0 Å². The zero-order chi connectivity index (χ0) is 15.4. The second-order valence-electron chi connectivity index (χ2n) is 6.46. The fourth-order valence-electron chi connectivity index (χ4n) is 3.51. The van der Waals surface area contributed by atoms with Crippen molar-refractivity contribution in [2.45, 2.75) is 51.1 Å². The number of nitrogens with zero attached hydrogens (tertiary/aromatic N) is 3. The highest BCUT2D eigenvalue weighted by Crippen LogP contribution is 2.22. The number of amides is 1. The van der Waals surface area contributed by atoms with E-state index in [4.69, 9.17) is 0 Å². The van der Waals surface area contributed by atoms with Gasteiger partial charge >= 0.3 is 0 Å². The summed E-state index contributed by atoms with van der Waals surface area (Å²) in [6.07, 6.45) is 7.35. The summed E-state index contributed by atoms with van der Waals surface area (Å²) in [5, 5.41) is 6.32. The Bertz CT molecular complexity index is 473. The van der Waals surface area contributed by atoms with E-state index >= 15 is 0 Å². The summed E-state index contributed by atoms with van der Waals surface area (Å²) in [7, 11) is 0. The van der Waals surface area contributed by atoms with Crippen molar-refractivity contribution >= 4 is 22.4 Å². The van der Waals surface area contributed by atoms with Crippen molar-refractivity contribution in [2.24, 2.45) is 0 Å². The fraction of sp³-hybridized carbons (Fsp3) is 0.750. The molecule has 0 bridgehead atoms. The standard InChI is InChI=1S/C16H26N4OS/c1-13-12-19(9-10-20(13)16-17-7-11-22-16)8-6-15(21)18-14-4-2-3-5-14/h7,11,13-14H,2-6,8-10,12H2,1H3,(H,18,21)/t13-/m1/s1. The van der Waals surface area contributed by atoms with E-state index in [1.54, 1.807) is 11.3 Å². The quantitative estimate of drug-likeness (QED) is 0.902. The molecule has 0 aromatic carbocycles. The molecular weight excluding hydrogens is 296 g/mol. The normalized spacial score (nSPS) is 23.9. The number of anilines is 1. The molecule has 3 rings (SSSR count). The summed E-state index contributed by atoms with van der Waals surface area (Å²) in [5.74, 6) is 0.224. The molecule has 6 heteroatoms. The lowest BCUT2D eigenvalue weighted by Gasteiger charge is -2.39. The fourth-order valence-corrected chi connectivity index (χ4v) is 4.28. The molecule has 1 amide bonds. The van der Waals surface area contributed by atoms with Gasteiger partial charge < -0.3 is 10.2 Å². The van der Waals surface area contributed by atoms with E-state index in [0.29, 0.717) is 18.5 Å². The Morgan fingerprint density at radius 2 is 2.23 bits per heavy atom. The maximum Gasteiger partial charge on any atom is 0.221 e. The maximum absolute atomic E-state index is 12.0. The number of thiazole rings is 1. The van der Waals surface area contributed by atoms with E-state index in [0.717, 1.165) is 44.2 Å².